The second-order valence-corrected chi connectivity index (χ2v) is 5.41. The monoisotopic (exact) mass is 250 g/mol. The van der Waals surface area contributed by atoms with Crippen LogP contribution in [0.4, 0.5) is 0 Å². The van der Waals surface area contributed by atoms with Crippen molar-refractivity contribution >= 4 is 13.1 Å². The van der Waals surface area contributed by atoms with E-state index >= 15 is 0 Å². The maximum absolute atomic E-state index is 10.4. The summed E-state index contributed by atoms with van der Waals surface area (Å²) < 4.78 is 5.49. The zero-order chi connectivity index (χ0) is 14.0. The largest absolute Gasteiger partial charge is 0.491 e. The minimum atomic E-state index is -1.13. The van der Waals surface area contributed by atoms with Crippen molar-refractivity contribution in [3.05, 3.63) is 29.3 Å². The van der Waals surface area contributed by atoms with Crippen molar-refractivity contribution in [1.29, 1.82) is 0 Å². The minimum absolute atomic E-state index is 0.429. The Bertz CT molecular complexity index is 423. The number of hydrogen-bond donors (Lipinski definition) is 2. The summed E-state index contributed by atoms with van der Waals surface area (Å²) in [5, 5.41) is 19.9. The first-order valence-corrected chi connectivity index (χ1v) is 5.88. The predicted octanol–water partition coefficient (Wildman–Crippen LogP) is 1.22. The quantitative estimate of drug-likeness (QED) is 0.581. The average Bonchev–Trinajstić information content (AvgIpc) is 2.27. The highest BCUT2D eigenvalue weighted by atomic mass is 16.5. The highest BCUT2D eigenvalue weighted by molar-refractivity contribution is 6.53. The SMILES string of the molecule is CC(C)(O)C(C)(C)OB(O)C1=CCC(=C=O)C=C1. The Balaban J connectivity index is 2.74. The average molecular weight is 250 g/mol. The Hall–Kier alpha value is -1.13. The summed E-state index contributed by atoms with van der Waals surface area (Å²) in [6.45, 7) is 6.66. The van der Waals surface area contributed by atoms with Crippen LogP contribution in [-0.4, -0.2) is 34.4 Å². The standard InChI is InChI=1S/C13H19BO4/c1-12(2,16)13(3,4)18-14(17)11-7-5-10(9-15)6-8-11/h5,7-8,16-17H,6H2,1-4H3. The lowest BCUT2D eigenvalue weighted by Gasteiger charge is -2.38. The highest BCUT2D eigenvalue weighted by Crippen LogP contribution is 2.27. The van der Waals surface area contributed by atoms with E-state index in [-0.39, 0.29) is 0 Å². The number of rotatable bonds is 4. The number of carbonyl (C=O) groups excluding carboxylic acids is 1. The lowest BCUT2D eigenvalue weighted by atomic mass is 9.73. The van der Waals surface area contributed by atoms with Crippen LogP contribution in [0.5, 0.6) is 0 Å². The zero-order valence-corrected chi connectivity index (χ0v) is 11.2. The van der Waals surface area contributed by atoms with E-state index in [1.54, 1.807) is 45.9 Å². The number of allylic oxidation sites excluding steroid dienone is 5. The van der Waals surface area contributed by atoms with E-state index < -0.39 is 18.3 Å². The molecular formula is C13H19BO4. The van der Waals surface area contributed by atoms with Gasteiger partial charge in [-0.25, -0.2) is 4.79 Å². The Morgan fingerprint density at radius 2 is 1.94 bits per heavy atom. The first-order chi connectivity index (χ1) is 8.17. The molecule has 0 saturated carbocycles. The molecular weight excluding hydrogens is 231 g/mol. The van der Waals surface area contributed by atoms with E-state index in [9.17, 15) is 14.9 Å². The molecule has 1 rings (SSSR count). The van der Waals surface area contributed by atoms with E-state index in [1.807, 2.05) is 5.94 Å². The van der Waals surface area contributed by atoms with Crippen molar-refractivity contribution in [2.75, 3.05) is 0 Å². The molecule has 0 bridgehead atoms. The van der Waals surface area contributed by atoms with Crippen molar-refractivity contribution in [3.8, 4) is 0 Å². The van der Waals surface area contributed by atoms with Crippen molar-refractivity contribution in [2.45, 2.75) is 45.3 Å². The topological polar surface area (TPSA) is 66.8 Å². The molecule has 0 heterocycles. The first-order valence-electron chi connectivity index (χ1n) is 5.88. The van der Waals surface area contributed by atoms with Gasteiger partial charge < -0.3 is 14.8 Å². The van der Waals surface area contributed by atoms with Crippen LogP contribution >= 0.6 is 0 Å². The zero-order valence-electron chi connectivity index (χ0n) is 11.2. The third-order valence-electron chi connectivity index (χ3n) is 3.33. The van der Waals surface area contributed by atoms with Crippen LogP contribution in [0.2, 0.25) is 0 Å². The maximum Gasteiger partial charge on any atom is 0.491 e. The van der Waals surface area contributed by atoms with Crippen molar-refractivity contribution in [1.82, 2.24) is 0 Å². The summed E-state index contributed by atoms with van der Waals surface area (Å²) >= 11 is 0. The summed E-state index contributed by atoms with van der Waals surface area (Å²) in [5.74, 6) is 1.81. The van der Waals surface area contributed by atoms with Crippen LogP contribution in [0.1, 0.15) is 34.1 Å². The molecule has 0 aromatic heterocycles. The molecule has 0 aromatic carbocycles. The van der Waals surface area contributed by atoms with Gasteiger partial charge in [-0.05, 0) is 39.2 Å². The van der Waals surface area contributed by atoms with Gasteiger partial charge in [-0.15, -0.1) is 0 Å². The molecule has 5 heteroatoms. The van der Waals surface area contributed by atoms with Gasteiger partial charge in [-0.2, -0.15) is 0 Å². The molecule has 2 N–H and O–H groups in total. The molecule has 0 aromatic rings. The fourth-order valence-corrected chi connectivity index (χ4v) is 1.31. The lowest BCUT2D eigenvalue weighted by molar-refractivity contribution is -0.0987. The van der Waals surface area contributed by atoms with Gasteiger partial charge in [0.2, 0.25) is 0 Å². The van der Waals surface area contributed by atoms with E-state index in [0.29, 0.717) is 17.5 Å². The molecule has 18 heavy (non-hydrogen) atoms. The summed E-state index contributed by atoms with van der Waals surface area (Å²) in [6.07, 6.45) is 5.37. The molecule has 1 aliphatic carbocycles. The van der Waals surface area contributed by atoms with E-state index in [4.69, 9.17) is 4.65 Å². The van der Waals surface area contributed by atoms with Crippen molar-refractivity contribution in [3.63, 3.8) is 0 Å². The maximum atomic E-state index is 10.4. The summed E-state index contributed by atoms with van der Waals surface area (Å²) in [7, 11) is -1.13. The summed E-state index contributed by atoms with van der Waals surface area (Å²) in [5.41, 5.74) is -0.873. The van der Waals surface area contributed by atoms with Gasteiger partial charge in [0, 0.05) is 12.0 Å². The molecule has 1 aliphatic rings. The normalized spacial score (nSPS) is 16.3. The van der Waals surface area contributed by atoms with Crippen LogP contribution in [0.25, 0.3) is 0 Å². The van der Waals surface area contributed by atoms with E-state index in [0.717, 1.165) is 0 Å². The van der Waals surface area contributed by atoms with Crippen molar-refractivity contribution < 1.29 is 19.6 Å². The van der Waals surface area contributed by atoms with Gasteiger partial charge in [-0.1, -0.05) is 12.2 Å². The van der Waals surface area contributed by atoms with Gasteiger partial charge >= 0.3 is 7.12 Å². The van der Waals surface area contributed by atoms with Crippen LogP contribution < -0.4 is 0 Å². The first kappa shape index (κ1) is 14.9. The number of aliphatic hydroxyl groups is 1. The third-order valence-corrected chi connectivity index (χ3v) is 3.33. The Morgan fingerprint density at radius 3 is 2.33 bits per heavy atom. The molecule has 0 atom stereocenters. The lowest BCUT2D eigenvalue weighted by Crippen LogP contribution is -2.50. The van der Waals surface area contributed by atoms with Gasteiger partial charge in [0.25, 0.3) is 0 Å². The second-order valence-electron chi connectivity index (χ2n) is 5.41. The van der Waals surface area contributed by atoms with Gasteiger partial charge in [-0.3, -0.25) is 0 Å². The fourth-order valence-electron chi connectivity index (χ4n) is 1.31. The second kappa shape index (κ2) is 5.25. The summed E-state index contributed by atoms with van der Waals surface area (Å²) in [6, 6.07) is 0. The Morgan fingerprint density at radius 1 is 1.33 bits per heavy atom. The molecule has 98 valence electrons. The Labute approximate surface area is 108 Å². The molecule has 0 amide bonds. The third kappa shape index (κ3) is 3.43. The van der Waals surface area contributed by atoms with Gasteiger partial charge in [0.15, 0.2) is 0 Å². The van der Waals surface area contributed by atoms with E-state index in [1.165, 1.54) is 0 Å². The van der Waals surface area contributed by atoms with Crippen LogP contribution in [0.15, 0.2) is 29.3 Å². The molecule has 0 unspecified atom stereocenters. The fraction of sp³-hybridized carbons (Fsp3) is 0.538. The van der Waals surface area contributed by atoms with Gasteiger partial charge in [0.05, 0.1) is 11.2 Å². The smallest absolute Gasteiger partial charge is 0.423 e. The van der Waals surface area contributed by atoms with Crippen LogP contribution in [-0.2, 0) is 9.45 Å². The van der Waals surface area contributed by atoms with Crippen LogP contribution in [0, 0.1) is 0 Å². The Kier molecular flexibility index (Phi) is 4.35. The molecule has 0 spiro atoms. The summed E-state index contributed by atoms with van der Waals surface area (Å²) in [4.78, 5) is 10.4. The number of hydrogen-bond acceptors (Lipinski definition) is 4. The molecule has 0 radical (unpaired) electrons. The van der Waals surface area contributed by atoms with Crippen LogP contribution in [0.3, 0.4) is 0 Å². The predicted molar refractivity (Wildman–Crippen MR) is 70.5 cm³/mol. The van der Waals surface area contributed by atoms with Gasteiger partial charge in [0.1, 0.15) is 5.94 Å². The van der Waals surface area contributed by atoms with Crippen molar-refractivity contribution in [2.24, 2.45) is 0 Å². The molecule has 0 aliphatic heterocycles. The molecule has 4 nitrogen and oxygen atoms in total. The molecule has 0 fully saturated rings. The minimum Gasteiger partial charge on any atom is -0.423 e. The highest BCUT2D eigenvalue weighted by Gasteiger charge is 2.39. The molecule has 0 saturated heterocycles. The van der Waals surface area contributed by atoms with E-state index in [2.05, 4.69) is 0 Å².